The Morgan fingerprint density at radius 1 is 0.852 bits per heavy atom. The van der Waals surface area contributed by atoms with Crippen LogP contribution in [0.4, 0.5) is 10.6 Å². The molecule has 5 heterocycles. The summed E-state index contributed by atoms with van der Waals surface area (Å²) in [6.07, 6.45) is 7.29. The van der Waals surface area contributed by atoms with Crippen LogP contribution < -0.4 is 4.90 Å². The Balaban J connectivity index is 1.40. The van der Waals surface area contributed by atoms with Crippen LogP contribution in [0.15, 0.2) is 54.9 Å². The van der Waals surface area contributed by atoms with Crippen molar-refractivity contribution in [1.29, 1.82) is 0 Å². The molecule has 1 amide bonds. The van der Waals surface area contributed by atoms with Crippen molar-refractivity contribution in [2.24, 2.45) is 0 Å². The number of amides is 1. The second kappa shape index (κ2) is 16.3. The van der Waals surface area contributed by atoms with Crippen LogP contribution in [-0.4, -0.2) is 91.1 Å². The van der Waals surface area contributed by atoms with Gasteiger partial charge in [-0.25, -0.2) is 9.78 Å². The lowest BCUT2D eigenvalue weighted by atomic mass is 9.86. The van der Waals surface area contributed by atoms with E-state index in [1.807, 2.05) is 60.8 Å². The average molecular weight is 771 g/mol. The van der Waals surface area contributed by atoms with E-state index < -0.39 is 21.7 Å². The lowest BCUT2D eigenvalue weighted by Crippen LogP contribution is -2.48. The molecule has 12 heteroatoms. The van der Waals surface area contributed by atoms with Crippen LogP contribution in [0.5, 0.6) is 0 Å². The van der Waals surface area contributed by atoms with E-state index in [-0.39, 0.29) is 24.1 Å². The Kier molecular flexibility index (Phi) is 12.1. The maximum Gasteiger partial charge on any atom is 0.410 e. The van der Waals surface area contributed by atoms with Crippen molar-refractivity contribution in [2.45, 2.75) is 128 Å². The van der Waals surface area contributed by atoms with Crippen LogP contribution >= 0.6 is 0 Å². The first kappa shape index (κ1) is 40.1. The number of nitrogens with zero attached hydrogens (tertiary/aromatic N) is 6. The molecule has 2 bridgehead atoms. The molecule has 4 aromatic rings. The van der Waals surface area contributed by atoms with Crippen molar-refractivity contribution in [3.8, 4) is 22.4 Å². The summed E-state index contributed by atoms with van der Waals surface area (Å²) >= 11 is 0. The molecule has 0 radical (unpaired) electrons. The summed E-state index contributed by atoms with van der Waals surface area (Å²) in [7, 11) is -2.56. The number of carbonyl (C=O) groups excluding carboxylic acids is 1. The van der Waals surface area contributed by atoms with Gasteiger partial charge in [-0.05, 0) is 71.5 Å². The lowest BCUT2D eigenvalue weighted by molar-refractivity contribution is 0.00567. The highest BCUT2D eigenvalue weighted by molar-refractivity contribution is 6.76. The molecule has 0 N–H and O–H groups in total. The van der Waals surface area contributed by atoms with Gasteiger partial charge in [0.2, 0.25) is 0 Å². The van der Waals surface area contributed by atoms with Gasteiger partial charge in [0.25, 0.3) is 0 Å². The highest BCUT2D eigenvalue weighted by Crippen LogP contribution is 2.45. The second-order valence-electron chi connectivity index (χ2n) is 18.7. The first-order valence-corrected chi connectivity index (χ1v) is 27.2. The summed E-state index contributed by atoms with van der Waals surface area (Å²) in [5, 5.41) is 5.01. The number of ether oxygens (including phenoxy) is 3. The summed E-state index contributed by atoms with van der Waals surface area (Å²) in [5.74, 6) is 1.12. The van der Waals surface area contributed by atoms with Gasteiger partial charge >= 0.3 is 6.09 Å². The van der Waals surface area contributed by atoms with Crippen LogP contribution in [0.1, 0.15) is 63.6 Å². The van der Waals surface area contributed by atoms with E-state index in [1.165, 1.54) is 0 Å². The molecule has 2 fully saturated rings. The van der Waals surface area contributed by atoms with E-state index >= 15 is 0 Å². The molecular weight excluding hydrogens is 709 g/mol. The number of aromatic nitrogens is 4. The maximum absolute atomic E-state index is 13.4. The number of anilines is 1. The number of piperidine rings is 1. The van der Waals surface area contributed by atoms with E-state index in [1.54, 1.807) is 0 Å². The van der Waals surface area contributed by atoms with Crippen molar-refractivity contribution in [2.75, 3.05) is 31.6 Å². The number of carbonyl (C=O) groups is 1. The van der Waals surface area contributed by atoms with Gasteiger partial charge in [0, 0.05) is 75.8 Å². The van der Waals surface area contributed by atoms with Gasteiger partial charge in [0.05, 0.1) is 17.6 Å². The molecule has 0 spiro atoms. The molecule has 0 saturated carbocycles. The van der Waals surface area contributed by atoms with Crippen LogP contribution in [0, 0.1) is 6.92 Å². The van der Waals surface area contributed by atoms with Crippen molar-refractivity contribution >= 4 is 33.7 Å². The Morgan fingerprint density at radius 3 is 2.00 bits per heavy atom. The Bertz CT molecular complexity index is 1850. The van der Waals surface area contributed by atoms with Gasteiger partial charge in [0.1, 0.15) is 24.9 Å². The van der Waals surface area contributed by atoms with Gasteiger partial charge in [-0.2, -0.15) is 9.61 Å². The molecule has 2 aliphatic rings. The molecule has 2 aliphatic heterocycles. The molecule has 2 saturated heterocycles. The molecule has 2 unspecified atom stereocenters. The third-order valence-electron chi connectivity index (χ3n) is 10.5. The zero-order valence-electron chi connectivity index (χ0n) is 34.3. The fourth-order valence-corrected chi connectivity index (χ4v) is 9.17. The number of rotatable bonds is 14. The highest BCUT2D eigenvalue weighted by Gasteiger charge is 2.46. The largest absolute Gasteiger partial charge is 0.444 e. The van der Waals surface area contributed by atoms with Crippen LogP contribution in [0.3, 0.4) is 0 Å². The highest BCUT2D eigenvalue weighted by atomic mass is 28.3. The molecule has 1 aromatic carbocycles. The van der Waals surface area contributed by atoms with E-state index in [0.717, 1.165) is 82.9 Å². The summed E-state index contributed by atoms with van der Waals surface area (Å²) in [4.78, 5) is 28.0. The predicted molar refractivity (Wildman–Crippen MR) is 224 cm³/mol. The summed E-state index contributed by atoms with van der Waals surface area (Å²) in [6.45, 7) is 24.5. The maximum atomic E-state index is 13.4. The topological polar surface area (TPSA) is 94.3 Å². The normalized spacial score (nSPS) is 19.1. The first-order chi connectivity index (χ1) is 25.5. The molecule has 10 nitrogen and oxygen atoms in total. The van der Waals surface area contributed by atoms with Gasteiger partial charge in [-0.1, -0.05) is 75.7 Å². The van der Waals surface area contributed by atoms with Crippen molar-refractivity contribution in [3.05, 3.63) is 66.1 Å². The Hall–Kier alpha value is -3.59. The lowest BCUT2D eigenvalue weighted by Gasteiger charge is -2.40. The van der Waals surface area contributed by atoms with E-state index in [0.29, 0.717) is 26.7 Å². The molecule has 3 aromatic heterocycles. The monoisotopic (exact) mass is 770 g/mol. The van der Waals surface area contributed by atoms with E-state index in [4.69, 9.17) is 29.3 Å². The third-order valence-corrected chi connectivity index (χ3v) is 14.0. The average Bonchev–Trinajstić information content (AvgIpc) is 3.63. The molecular formula is C42H62N6O4Si2. The zero-order valence-corrected chi connectivity index (χ0v) is 36.3. The minimum atomic E-state index is -1.28. The van der Waals surface area contributed by atoms with Gasteiger partial charge in [-0.15, -0.1) is 0 Å². The van der Waals surface area contributed by atoms with Crippen LogP contribution in [-0.2, 0) is 14.2 Å². The number of benzene rings is 1. The van der Waals surface area contributed by atoms with Crippen molar-refractivity contribution < 1.29 is 19.0 Å². The molecule has 3 atom stereocenters. The quantitative estimate of drug-likeness (QED) is 0.0711. The second-order valence-corrected chi connectivity index (χ2v) is 30.0. The SMILES string of the molecule is Cc1c(C2CC3CC[C@@H](C2)N3C(=O)OC(C)(C)C)nc2c(-c3ccc(-c4ccccc4)nc3)cnn2c1N(COCC[Si](C)(C)C)COCC[Si](C)(C)C. The number of fused-ring (bicyclic) bond motifs is 3. The van der Waals surface area contributed by atoms with E-state index in [9.17, 15) is 4.79 Å². The standard InChI is InChI=1S/C42H62N6O4Si2/c1-30-38(33-24-34-17-18-35(25-33)47(34)41(49)52-42(2,3)4)45-39-36(32-16-19-37(43-26-32)31-14-12-11-13-15-31)27-44-48(39)40(30)46(28-50-20-22-53(5,6)7)29-51-21-23-54(8,9)10/h11-16,19,26-27,33-35H,17-18,20-25,28-29H2,1-10H3/t33?,34-,35?/m0/s1. The predicted octanol–water partition coefficient (Wildman–Crippen LogP) is 9.84. The smallest absolute Gasteiger partial charge is 0.410 e. The molecule has 292 valence electrons. The Morgan fingerprint density at radius 2 is 1.46 bits per heavy atom. The third kappa shape index (κ3) is 9.79. The molecule has 6 rings (SSSR count). The van der Waals surface area contributed by atoms with Gasteiger partial charge in [0.15, 0.2) is 5.65 Å². The van der Waals surface area contributed by atoms with Gasteiger partial charge in [-0.3, -0.25) is 4.98 Å². The van der Waals surface area contributed by atoms with E-state index in [2.05, 4.69) is 75.4 Å². The van der Waals surface area contributed by atoms with Crippen LogP contribution in [0.2, 0.25) is 51.4 Å². The van der Waals surface area contributed by atoms with Crippen LogP contribution in [0.25, 0.3) is 28.0 Å². The first-order valence-electron chi connectivity index (χ1n) is 19.8. The summed E-state index contributed by atoms with van der Waals surface area (Å²) in [5.41, 5.74) is 6.28. The molecule has 54 heavy (non-hydrogen) atoms. The molecule has 0 aliphatic carbocycles. The summed E-state index contributed by atoms with van der Waals surface area (Å²) in [6, 6.07) is 16.8. The Labute approximate surface area is 324 Å². The van der Waals surface area contributed by atoms with Crippen molar-refractivity contribution in [1.82, 2.24) is 24.5 Å². The number of hydrogen-bond donors (Lipinski definition) is 0. The summed E-state index contributed by atoms with van der Waals surface area (Å²) < 4.78 is 20.7. The fourth-order valence-electron chi connectivity index (χ4n) is 7.66. The fraction of sp³-hybridized carbons (Fsp3) is 0.571. The number of pyridine rings is 1. The zero-order chi connectivity index (χ0) is 38.8. The van der Waals surface area contributed by atoms with Gasteiger partial charge < -0.3 is 24.0 Å². The number of hydrogen-bond acceptors (Lipinski definition) is 8. The van der Waals surface area contributed by atoms with Crippen molar-refractivity contribution in [3.63, 3.8) is 0 Å². The minimum Gasteiger partial charge on any atom is -0.444 e. The minimum absolute atomic E-state index is 0.120.